The highest BCUT2D eigenvalue weighted by Crippen LogP contribution is 2.29. The molecule has 1 aliphatic heterocycles. The molecule has 2 aromatic carbocycles. The minimum absolute atomic E-state index is 0.190. The molecule has 4 heteroatoms. The lowest BCUT2D eigenvalue weighted by atomic mass is 9.94. The van der Waals surface area contributed by atoms with Gasteiger partial charge in [0.05, 0.1) is 5.57 Å². The maximum absolute atomic E-state index is 12.7. The molecule has 25 heavy (non-hydrogen) atoms. The van der Waals surface area contributed by atoms with E-state index in [1.54, 1.807) is 12.1 Å². The number of nitrogens with one attached hydrogen (secondary N) is 1. The van der Waals surface area contributed by atoms with Crippen molar-refractivity contribution in [2.75, 3.05) is 6.54 Å². The molecule has 0 saturated carbocycles. The van der Waals surface area contributed by atoms with Gasteiger partial charge in [-0.05, 0) is 44.0 Å². The zero-order valence-corrected chi connectivity index (χ0v) is 14.6. The van der Waals surface area contributed by atoms with Crippen LogP contribution in [0.2, 0.25) is 0 Å². The predicted molar refractivity (Wildman–Crippen MR) is 98.0 cm³/mol. The lowest BCUT2D eigenvalue weighted by molar-refractivity contribution is -0.147. The van der Waals surface area contributed by atoms with Gasteiger partial charge in [-0.3, -0.25) is 4.79 Å². The number of amides is 1. The van der Waals surface area contributed by atoms with Crippen LogP contribution in [0, 0.1) is 0 Å². The summed E-state index contributed by atoms with van der Waals surface area (Å²) < 4.78 is 5.52. The largest absolute Gasteiger partial charge is 0.456 e. The van der Waals surface area contributed by atoms with Crippen LogP contribution in [0.4, 0.5) is 0 Å². The Kier molecular flexibility index (Phi) is 4.45. The monoisotopic (exact) mass is 335 g/mol. The van der Waals surface area contributed by atoms with E-state index in [1.165, 1.54) is 0 Å². The fourth-order valence-corrected chi connectivity index (χ4v) is 2.75. The van der Waals surface area contributed by atoms with E-state index in [4.69, 9.17) is 4.74 Å². The summed E-state index contributed by atoms with van der Waals surface area (Å²) in [7, 11) is 0. The van der Waals surface area contributed by atoms with E-state index in [0.29, 0.717) is 23.2 Å². The minimum atomic E-state index is -0.598. The van der Waals surface area contributed by atoms with Gasteiger partial charge in [-0.2, -0.15) is 0 Å². The molecule has 0 atom stereocenters. The highest BCUT2D eigenvalue weighted by molar-refractivity contribution is 6.20. The lowest BCUT2D eigenvalue weighted by Gasteiger charge is -2.21. The van der Waals surface area contributed by atoms with Crippen LogP contribution in [0.5, 0.6) is 0 Å². The number of esters is 1. The van der Waals surface area contributed by atoms with E-state index >= 15 is 0 Å². The number of rotatable bonds is 2. The molecule has 128 valence electrons. The average molecular weight is 335 g/mol. The van der Waals surface area contributed by atoms with Crippen molar-refractivity contribution in [3.05, 3.63) is 65.7 Å². The normalized spacial score (nSPS) is 14.0. The van der Waals surface area contributed by atoms with Crippen molar-refractivity contribution in [1.29, 1.82) is 0 Å². The van der Waals surface area contributed by atoms with Crippen molar-refractivity contribution in [3.63, 3.8) is 0 Å². The number of carbonyl (C=O) groups excluding carboxylic acids is 2. The number of benzene rings is 2. The Balaban J connectivity index is 2.09. The second-order valence-corrected chi connectivity index (χ2v) is 6.96. The van der Waals surface area contributed by atoms with Crippen LogP contribution in [0.25, 0.3) is 16.7 Å². The molecule has 4 nitrogen and oxygen atoms in total. The summed E-state index contributed by atoms with van der Waals surface area (Å²) >= 11 is 0. The molecule has 0 radical (unpaired) electrons. The molecular formula is C21H21NO3. The first-order chi connectivity index (χ1) is 11.8. The Hall–Kier alpha value is -2.88. The first-order valence-corrected chi connectivity index (χ1v) is 8.27. The standard InChI is InChI=1S/C21H21NO3/c1-21(2,3)25-20(24)17-11-12-22-19(23)16-10-9-15(13-18(16)17)14-7-5-4-6-8-14/h4-11,13H,12H2,1-3H3,(H,22,23). The van der Waals surface area contributed by atoms with Crippen molar-refractivity contribution in [2.24, 2.45) is 0 Å². The van der Waals surface area contributed by atoms with E-state index in [-0.39, 0.29) is 5.91 Å². The Morgan fingerprint density at radius 1 is 1.00 bits per heavy atom. The second kappa shape index (κ2) is 6.55. The van der Waals surface area contributed by atoms with Crippen molar-refractivity contribution in [1.82, 2.24) is 5.32 Å². The second-order valence-electron chi connectivity index (χ2n) is 6.96. The van der Waals surface area contributed by atoms with Crippen LogP contribution in [-0.2, 0) is 9.53 Å². The molecule has 0 fully saturated rings. The summed E-state index contributed by atoms with van der Waals surface area (Å²) in [6, 6.07) is 15.4. The molecule has 0 aromatic heterocycles. The van der Waals surface area contributed by atoms with Gasteiger partial charge in [-0.1, -0.05) is 42.5 Å². The van der Waals surface area contributed by atoms with Gasteiger partial charge >= 0.3 is 5.97 Å². The topological polar surface area (TPSA) is 55.4 Å². The van der Waals surface area contributed by atoms with Crippen LogP contribution < -0.4 is 5.32 Å². The van der Waals surface area contributed by atoms with Crippen LogP contribution in [0.15, 0.2) is 54.6 Å². The van der Waals surface area contributed by atoms with Gasteiger partial charge in [0, 0.05) is 17.7 Å². The van der Waals surface area contributed by atoms with Gasteiger partial charge in [0.1, 0.15) is 5.60 Å². The summed E-state index contributed by atoms with van der Waals surface area (Å²) in [6.07, 6.45) is 1.71. The zero-order valence-electron chi connectivity index (χ0n) is 14.6. The summed E-state index contributed by atoms with van der Waals surface area (Å²) in [4.78, 5) is 25.0. The van der Waals surface area contributed by atoms with Crippen molar-refractivity contribution in [3.8, 4) is 11.1 Å². The van der Waals surface area contributed by atoms with Crippen molar-refractivity contribution < 1.29 is 14.3 Å². The Morgan fingerprint density at radius 3 is 2.40 bits per heavy atom. The smallest absolute Gasteiger partial charge is 0.339 e. The van der Waals surface area contributed by atoms with Gasteiger partial charge in [-0.25, -0.2) is 4.79 Å². The van der Waals surface area contributed by atoms with Crippen LogP contribution in [0.3, 0.4) is 0 Å². The van der Waals surface area contributed by atoms with Gasteiger partial charge in [0.25, 0.3) is 5.91 Å². The fraction of sp³-hybridized carbons (Fsp3) is 0.238. The number of ether oxygens (including phenoxy) is 1. The van der Waals surface area contributed by atoms with Crippen LogP contribution in [-0.4, -0.2) is 24.0 Å². The molecular weight excluding hydrogens is 314 g/mol. The molecule has 0 aliphatic carbocycles. The maximum atomic E-state index is 12.7. The fourth-order valence-electron chi connectivity index (χ4n) is 2.75. The first kappa shape index (κ1) is 17.0. The Bertz CT molecular complexity index is 845. The Labute approximate surface area is 147 Å². The molecule has 1 N–H and O–H groups in total. The van der Waals surface area contributed by atoms with E-state index in [9.17, 15) is 9.59 Å². The molecule has 2 aromatic rings. The van der Waals surface area contributed by atoms with E-state index in [2.05, 4.69) is 5.32 Å². The number of carbonyl (C=O) groups is 2. The Morgan fingerprint density at radius 2 is 1.72 bits per heavy atom. The molecule has 0 bridgehead atoms. The molecule has 1 amide bonds. The van der Waals surface area contributed by atoms with E-state index in [1.807, 2.05) is 63.2 Å². The molecule has 1 aliphatic rings. The zero-order chi connectivity index (χ0) is 18.0. The van der Waals surface area contributed by atoms with Crippen molar-refractivity contribution >= 4 is 17.4 Å². The third-order valence-electron chi connectivity index (χ3n) is 3.85. The first-order valence-electron chi connectivity index (χ1n) is 8.27. The lowest BCUT2D eigenvalue weighted by Crippen LogP contribution is -2.24. The maximum Gasteiger partial charge on any atom is 0.339 e. The third kappa shape index (κ3) is 3.79. The highest BCUT2D eigenvalue weighted by Gasteiger charge is 2.26. The molecule has 3 rings (SSSR count). The predicted octanol–water partition coefficient (Wildman–Crippen LogP) is 3.82. The summed E-state index contributed by atoms with van der Waals surface area (Å²) in [5.74, 6) is -0.611. The molecule has 1 heterocycles. The molecule has 0 saturated heterocycles. The number of fused-ring (bicyclic) bond motifs is 1. The minimum Gasteiger partial charge on any atom is -0.456 e. The average Bonchev–Trinajstić information content (AvgIpc) is 2.73. The van der Waals surface area contributed by atoms with Gasteiger partial charge < -0.3 is 10.1 Å². The number of hydrogen-bond acceptors (Lipinski definition) is 3. The summed E-state index contributed by atoms with van der Waals surface area (Å²) in [5.41, 5.74) is 2.88. The van der Waals surface area contributed by atoms with Crippen molar-refractivity contribution in [2.45, 2.75) is 26.4 Å². The summed E-state index contributed by atoms with van der Waals surface area (Å²) in [6.45, 7) is 5.77. The highest BCUT2D eigenvalue weighted by atomic mass is 16.6. The summed E-state index contributed by atoms with van der Waals surface area (Å²) in [5, 5.41) is 2.78. The van der Waals surface area contributed by atoms with Gasteiger partial charge in [-0.15, -0.1) is 0 Å². The quantitative estimate of drug-likeness (QED) is 0.849. The van der Waals surface area contributed by atoms with Gasteiger partial charge in [0.2, 0.25) is 0 Å². The molecule has 0 spiro atoms. The third-order valence-corrected chi connectivity index (χ3v) is 3.85. The molecule has 0 unspecified atom stereocenters. The van der Waals surface area contributed by atoms with Crippen LogP contribution in [0.1, 0.15) is 36.7 Å². The van der Waals surface area contributed by atoms with E-state index in [0.717, 1.165) is 11.1 Å². The van der Waals surface area contributed by atoms with E-state index < -0.39 is 11.6 Å². The van der Waals surface area contributed by atoms with Crippen LogP contribution >= 0.6 is 0 Å². The SMILES string of the molecule is CC(C)(C)OC(=O)C1=CCNC(=O)c2ccc(-c3ccccc3)cc21. The van der Waals surface area contributed by atoms with Gasteiger partial charge in [0.15, 0.2) is 0 Å². The number of hydrogen-bond donors (Lipinski definition) is 1.